The lowest BCUT2D eigenvalue weighted by atomic mass is 9.44. The van der Waals surface area contributed by atoms with E-state index in [1.165, 1.54) is 0 Å². The molecule has 0 saturated heterocycles. The maximum atomic E-state index is 11.3. The number of rotatable bonds is 5. The fourth-order valence-electron chi connectivity index (χ4n) is 8.55. The van der Waals surface area contributed by atoms with Gasteiger partial charge in [0, 0.05) is 0 Å². The summed E-state index contributed by atoms with van der Waals surface area (Å²) in [5.74, 6) is 2.13. The molecule has 31 heavy (non-hydrogen) atoms. The van der Waals surface area contributed by atoms with E-state index >= 15 is 0 Å². The summed E-state index contributed by atoms with van der Waals surface area (Å²) >= 11 is 0. The smallest absolute Gasteiger partial charge is 0.264 e. The van der Waals surface area contributed by atoms with Crippen molar-refractivity contribution < 1.29 is 34.3 Å². The minimum atomic E-state index is -4.47. The maximum absolute atomic E-state index is 11.3. The van der Waals surface area contributed by atoms with Crippen LogP contribution in [0.2, 0.25) is 0 Å². The third kappa shape index (κ3) is 4.45. The Balaban J connectivity index is 1.50. The fraction of sp³-hybridized carbons (Fsp3) is 1.00. The molecular formula is C21H36O8S2. The molecule has 0 unspecified atom stereocenters. The van der Waals surface area contributed by atoms with Crippen molar-refractivity contribution >= 4 is 20.8 Å². The highest BCUT2D eigenvalue weighted by atomic mass is 32.3. The van der Waals surface area contributed by atoms with E-state index in [2.05, 4.69) is 13.8 Å². The third-order valence-electron chi connectivity index (χ3n) is 9.79. The number of hydrogen-bond acceptors (Lipinski definition) is 6. The lowest BCUT2D eigenvalue weighted by molar-refractivity contribution is -0.129. The summed E-state index contributed by atoms with van der Waals surface area (Å²) in [5.41, 5.74) is 0.137. The van der Waals surface area contributed by atoms with Crippen molar-refractivity contribution in [2.45, 2.75) is 90.8 Å². The standard InChI is InChI=1S/C21H36O8S2/c1-13(28-30(22,23)24)17-6-7-18-16-5-4-14-12-15(29-31(25,26)27)8-10-20(14,2)19(16)9-11-21(17,18)3/h13-19H,4-12H2,1-3H3,(H,22,23,24)(H,25,26,27)/t13-,14+,15+,16-,17+,18-,19-,20-,21+/m0/s1. The summed E-state index contributed by atoms with van der Waals surface area (Å²) in [6, 6.07) is 0. The van der Waals surface area contributed by atoms with Crippen molar-refractivity contribution in [3.05, 3.63) is 0 Å². The second kappa shape index (κ2) is 7.91. The highest BCUT2D eigenvalue weighted by Crippen LogP contribution is 2.68. The van der Waals surface area contributed by atoms with Gasteiger partial charge in [0.1, 0.15) is 0 Å². The van der Waals surface area contributed by atoms with Crippen LogP contribution in [0.3, 0.4) is 0 Å². The Morgan fingerprint density at radius 3 is 2.13 bits per heavy atom. The second-order valence-corrected chi connectivity index (χ2v) is 13.1. The first-order chi connectivity index (χ1) is 14.2. The monoisotopic (exact) mass is 480 g/mol. The van der Waals surface area contributed by atoms with Crippen LogP contribution in [-0.2, 0) is 29.2 Å². The van der Waals surface area contributed by atoms with Crippen molar-refractivity contribution in [3.63, 3.8) is 0 Å². The van der Waals surface area contributed by atoms with Crippen LogP contribution < -0.4 is 0 Å². The van der Waals surface area contributed by atoms with Gasteiger partial charge in [-0.2, -0.15) is 16.8 Å². The van der Waals surface area contributed by atoms with Crippen molar-refractivity contribution in [1.82, 2.24) is 0 Å². The topological polar surface area (TPSA) is 127 Å². The van der Waals surface area contributed by atoms with E-state index < -0.39 is 33.0 Å². The summed E-state index contributed by atoms with van der Waals surface area (Å²) in [4.78, 5) is 0. The average molecular weight is 481 g/mol. The maximum Gasteiger partial charge on any atom is 0.397 e. The Morgan fingerprint density at radius 2 is 1.48 bits per heavy atom. The Morgan fingerprint density at radius 1 is 0.839 bits per heavy atom. The fourth-order valence-corrected chi connectivity index (χ4v) is 9.59. The van der Waals surface area contributed by atoms with Crippen LogP contribution in [0.5, 0.6) is 0 Å². The molecule has 0 amide bonds. The predicted octanol–water partition coefficient (Wildman–Crippen LogP) is 4.04. The van der Waals surface area contributed by atoms with Gasteiger partial charge in [-0.15, -0.1) is 0 Å². The van der Waals surface area contributed by atoms with Gasteiger partial charge in [-0.05, 0) is 105 Å². The molecule has 0 bridgehead atoms. The molecule has 0 aromatic rings. The van der Waals surface area contributed by atoms with Crippen molar-refractivity contribution in [2.24, 2.45) is 40.4 Å². The van der Waals surface area contributed by atoms with Gasteiger partial charge in [0.2, 0.25) is 0 Å². The summed E-state index contributed by atoms with van der Waals surface area (Å²) in [6.45, 7) is 6.39. The van der Waals surface area contributed by atoms with Crippen LogP contribution in [0.4, 0.5) is 0 Å². The van der Waals surface area contributed by atoms with Gasteiger partial charge >= 0.3 is 20.8 Å². The van der Waals surface area contributed by atoms with Crippen LogP contribution in [0.1, 0.15) is 78.6 Å². The van der Waals surface area contributed by atoms with E-state index in [0.717, 1.165) is 44.9 Å². The third-order valence-corrected chi connectivity index (χ3v) is 10.9. The molecule has 10 heteroatoms. The van der Waals surface area contributed by atoms with E-state index in [0.29, 0.717) is 36.5 Å². The van der Waals surface area contributed by atoms with Crippen molar-refractivity contribution in [3.8, 4) is 0 Å². The normalized spacial score (nSPS) is 46.6. The average Bonchev–Trinajstić information content (AvgIpc) is 2.97. The van der Waals surface area contributed by atoms with Gasteiger partial charge in [-0.1, -0.05) is 13.8 Å². The lowest BCUT2D eigenvalue weighted by Crippen LogP contribution is -2.54. The summed E-state index contributed by atoms with van der Waals surface area (Å²) < 4.78 is 73.0. The summed E-state index contributed by atoms with van der Waals surface area (Å²) in [6.07, 6.45) is 7.38. The minimum absolute atomic E-state index is 0.000248. The van der Waals surface area contributed by atoms with E-state index in [-0.39, 0.29) is 16.7 Å². The van der Waals surface area contributed by atoms with E-state index in [4.69, 9.17) is 17.5 Å². The first-order valence-corrected chi connectivity index (χ1v) is 14.3. The van der Waals surface area contributed by atoms with Crippen LogP contribution >= 0.6 is 0 Å². The molecular weight excluding hydrogens is 444 g/mol. The zero-order valence-electron chi connectivity index (χ0n) is 18.6. The number of fused-ring (bicyclic) bond motifs is 5. The molecule has 9 atom stereocenters. The summed E-state index contributed by atoms with van der Waals surface area (Å²) in [5, 5.41) is 0. The molecule has 4 saturated carbocycles. The van der Waals surface area contributed by atoms with E-state index in [1.807, 2.05) is 0 Å². The molecule has 4 aliphatic rings. The molecule has 0 aromatic heterocycles. The Kier molecular flexibility index (Phi) is 6.09. The molecule has 0 aromatic carbocycles. The van der Waals surface area contributed by atoms with Gasteiger partial charge in [-0.3, -0.25) is 9.11 Å². The molecule has 0 aliphatic heterocycles. The number of hydrogen-bond donors (Lipinski definition) is 2. The molecule has 0 heterocycles. The van der Waals surface area contributed by atoms with Crippen LogP contribution in [0, 0.1) is 40.4 Å². The molecule has 8 nitrogen and oxygen atoms in total. The molecule has 180 valence electrons. The van der Waals surface area contributed by atoms with Gasteiger partial charge in [0.25, 0.3) is 0 Å². The quantitative estimate of drug-likeness (QED) is 0.564. The SMILES string of the molecule is C[C@H](OS(=O)(=O)O)[C@H]1CC[C@H]2[C@@H]3CC[C@@H]4C[C@H](OS(=O)(=O)O)CC[C@]4(C)[C@H]3CC[C@]12C. The lowest BCUT2D eigenvalue weighted by Gasteiger charge is -2.61. The van der Waals surface area contributed by atoms with Gasteiger partial charge in [-0.25, -0.2) is 8.37 Å². The zero-order chi connectivity index (χ0) is 22.8. The summed E-state index contributed by atoms with van der Waals surface area (Å²) in [7, 11) is -8.89. The predicted molar refractivity (Wildman–Crippen MR) is 114 cm³/mol. The van der Waals surface area contributed by atoms with Crippen molar-refractivity contribution in [1.29, 1.82) is 0 Å². The van der Waals surface area contributed by atoms with Crippen molar-refractivity contribution in [2.75, 3.05) is 0 Å². The Hall–Kier alpha value is -0.260. The molecule has 4 aliphatic carbocycles. The second-order valence-electron chi connectivity index (χ2n) is 11.0. The highest BCUT2D eigenvalue weighted by molar-refractivity contribution is 7.81. The van der Waals surface area contributed by atoms with Crippen LogP contribution in [0.15, 0.2) is 0 Å². The minimum Gasteiger partial charge on any atom is -0.264 e. The van der Waals surface area contributed by atoms with Gasteiger partial charge < -0.3 is 0 Å². The molecule has 2 N–H and O–H groups in total. The van der Waals surface area contributed by atoms with Gasteiger partial charge in [0.05, 0.1) is 12.2 Å². The Labute approximate surface area is 186 Å². The molecule has 4 fully saturated rings. The first kappa shape index (κ1) is 23.9. The Bertz CT molecular complexity index is 902. The largest absolute Gasteiger partial charge is 0.397 e. The molecule has 0 radical (unpaired) electrons. The molecule has 4 rings (SSSR count). The van der Waals surface area contributed by atoms with E-state index in [1.54, 1.807) is 6.92 Å². The molecule has 0 spiro atoms. The van der Waals surface area contributed by atoms with Gasteiger partial charge in [0.15, 0.2) is 0 Å². The zero-order valence-corrected chi connectivity index (χ0v) is 20.2. The van der Waals surface area contributed by atoms with Crippen LogP contribution in [-0.4, -0.2) is 38.1 Å². The highest BCUT2D eigenvalue weighted by Gasteiger charge is 2.61. The first-order valence-electron chi connectivity index (χ1n) is 11.5. The van der Waals surface area contributed by atoms with E-state index in [9.17, 15) is 16.8 Å². The van der Waals surface area contributed by atoms with Crippen LogP contribution in [0.25, 0.3) is 0 Å².